The molecule has 1 atom stereocenters. The first-order valence-electron chi connectivity index (χ1n) is 9.65. The van der Waals surface area contributed by atoms with E-state index in [1.165, 1.54) is 0 Å². The zero-order valence-corrected chi connectivity index (χ0v) is 17.2. The molecule has 4 aromatic rings. The molecule has 0 aliphatic carbocycles. The van der Waals surface area contributed by atoms with Crippen LogP contribution in [0.15, 0.2) is 72.9 Å². The van der Waals surface area contributed by atoms with Gasteiger partial charge in [-0.3, -0.25) is 10.1 Å². The highest BCUT2D eigenvalue weighted by atomic mass is 35.5. The normalized spacial score (nSPS) is 11.7. The zero-order chi connectivity index (χ0) is 21.8. The third-order valence-corrected chi connectivity index (χ3v) is 5.50. The van der Waals surface area contributed by atoms with E-state index < -0.39 is 5.92 Å². The van der Waals surface area contributed by atoms with Gasteiger partial charge >= 0.3 is 0 Å². The van der Waals surface area contributed by atoms with Gasteiger partial charge in [0.2, 0.25) is 6.54 Å². The monoisotopic (exact) mass is 431 g/mol. The minimum atomic E-state index is -0.461. The van der Waals surface area contributed by atoms with E-state index >= 15 is 0 Å². The number of H-pyrrole nitrogens is 1. The van der Waals surface area contributed by atoms with Gasteiger partial charge in [0.25, 0.3) is 0 Å². The van der Waals surface area contributed by atoms with Crippen LogP contribution in [0.1, 0.15) is 28.2 Å². The number of nitro groups is 1. The number of rotatable bonds is 7. The lowest BCUT2D eigenvalue weighted by Gasteiger charge is -2.15. The number of fused-ring (bicyclic) bond motifs is 1. The first-order chi connectivity index (χ1) is 15.1. The third kappa shape index (κ3) is 4.37. The van der Waals surface area contributed by atoms with Gasteiger partial charge in [0, 0.05) is 27.6 Å². The van der Waals surface area contributed by atoms with Crippen molar-refractivity contribution >= 4 is 22.5 Å². The summed E-state index contributed by atoms with van der Waals surface area (Å²) in [7, 11) is 0. The second kappa shape index (κ2) is 8.90. The number of aromatic nitrogens is 1. The van der Waals surface area contributed by atoms with Crippen molar-refractivity contribution in [2.75, 3.05) is 6.54 Å². The number of nitrogens with zero attached hydrogens (tertiary/aromatic N) is 2. The zero-order valence-electron chi connectivity index (χ0n) is 16.4. The number of halogens is 1. The Labute approximate surface area is 183 Å². The number of para-hydroxylation sites is 1. The highest BCUT2D eigenvalue weighted by Gasteiger charge is 2.24. The third-order valence-electron chi connectivity index (χ3n) is 5.21. The molecule has 4 rings (SSSR count). The molecule has 1 aromatic heterocycles. The molecule has 0 aliphatic heterocycles. The second-order valence-electron chi connectivity index (χ2n) is 7.10. The Morgan fingerprint density at radius 1 is 1.13 bits per heavy atom. The van der Waals surface area contributed by atoms with Gasteiger partial charge in [0.05, 0.1) is 22.6 Å². The van der Waals surface area contributed by atoms with Crippen LogP contribution < -0.4 is 4.74 Å². The van der Waals surface area contributed by atoms with Gasteiger partial charge in [-0.15, -0.1) is 0 Å². The standard InChI is InChI=1S/C24H18ClN3O3/c25-22-11-16(9-10-24(22)31-15-18-6-2-1-5-17(18)12-26)21(14-28(29)30)20-13-27-23-8-4-3-7-19(20)23/h1-11,13,21,27H,14-15H2/t21-/m1/s1. The highest BCUT2D eigenvalue weighted by molar-refractivity contribution is 6.32. The average molecular weight is 432 g/mol. The van der Waals surface area contributed by atoms with Crippen LogP contribution in [0, 0.1) is 21.4 Å². The summed E-state index contributed by atoms with van der Waals surface area (Å²) in [5, 5.41) is 21.9. The molecule has 0 radical (unpaired) electrons. The molecule has 0 aliphatic rings. The molecule has 0 fully saturated rings. The second-order valence-corrected chi connectivity index (χ2v) is 7.51. The Balaban J connectivity index is 1.62. The number of nitrogens with one attached hydrogen (secondary N) is 1. The van der Waals surface area contributed by atoms with E-state index in [1.54, 1.807) is 30.3 Å². The fourth-order valence-electron chi connectivity index (χ4n) is 3.68. The van der Waals surface area contributed by atoms with Crippen LogP contribution in [-0.4, -0.2) is 16.5 Å². The number of hydrogen-bond donors (Lipinski definition) is 1. The number of ether oxygens (including phenoxy) is 1. The SMILES string of the molecule is N#Cc1ccccc1COc1ccc([C@@H](C[N+](=O)[O-])c2c[nH]c3ccccc23)cc1Cl. The maximum absolute atomic E-state index is 11.4. The van der Waals surface area contributed by atoms with Gasteiger partial charge in [-0.1, -0.05) is 54.1 Å². The van der Waals surface area contributed by atoms with Crippen molar-refractivity contribution in [2.45, 2.75) is 12.5 Å². The summed E-state index contributed by atoms with van der Waals surface area (Å²) in [6.45, 7) is -0.0580. The predicted molar refractivity (Wildman–Crippen MR) is 119 cm³/mol. The van der Waals surface area contributed by atoms with E-state index in [4.69, 9.17) is 16.3 Å². The van der Waals surface area contributed by atoms with Gasteiger partial charge in [0.1, 0.15) is 12.4 Å². The molecule has 1 heterocycles. The summed E-state index contributed by atoms with van der Waals surface area (Å²) in [6, 6.07) is 22.3. The topological polar surface area (TPSA) is 91.9 Å². The van der Waals surface area contributed by atoms with Gasteiger partial charge in [-0.05, 0) is 35.4 Å². The first kappa shape index (κ1) is 20.5. The van der Waals surface area contributed by atoms with Crippen molar-refractivity contribution in [3.8, 4) is 11.8 Å². The summed E-state index contributed by atoms with van der Waals surface area (Å²) in [5.74, 6) is -0.00560. The van der Waals surface area contributed by atoms with Crippen LogP contribution in [-0.2, 0) is 6.61 Å². The maximum atomic E-state index is 11.4. The molecule has 0 bridgehead atoms. The first-order valence-corrected chi connectivity index (χ1v) is 10.0. The lowest BCUT2D eigenvalue weighted by Crippen LogP contribution is -2.14. The summed E-state index contributed by atoms with van der Waals surface area (Å²) in [5.41, 5.74) is 3.81. The Morgan fingerprint density at radius 3 is 2.68 bits per heavy atom. The lowest BCUT2D eigenvalue weighted by atomic mass is 9.91. The molecule has 31 heavy (non-hydrogen) atoms. The summed E-state index contributed by atoms with van der Waals surface area (Å²) >= 11 is 6.46. The number of hydrogen-bond acceptors (Lipinski definition) is 4. The smallest absolute Gasteiger partial charge is 0.214 e. The van der Waals surface area contributed by atoms with Crippen LogP contribution in [0.4, 0.5) is 0 Å². The van der Waals surface area contributed by atoms with Crippen molar-refractivity contribution in [1.29, 1.82) is 5.26 Å². The van der Waals surface area contributed by atoms with Crippen molar-refractivity contribution in [3.05, 3.63) is 110 Å². The van der Waals surface area contributed by atoms with E-state index in [2.05, 4.69) is 11.1 Å². The van der Waals surface area contributed by atoms with Crippen LogP contribution in [0.3, 0.4) is 0 Å². The molecule has 6 nitrogen and oxygen atoms in total. The molecule has 0 saturated heterocycles. The minimum absolute atomic E-state index is 0.198. The molecule has 0 amide bonds. The van der Waals surface area contributed by atoms with Gasteiger partial charge in [0.15, 0.2) is 0 Å². The molecule has 3 aromatic carbocycles. The van der Waals surface area contributed by atoms with E-state index in [9.17, 15) is 15.4 Å². The van der Waals surface area contributed by atoms with Crippen molar-refractivity contribution in [3.63, 3.8) is 0 Å². The van der Waals surface area contributed by atoms with E-state index in [0.29, 0.717) is 16.3 Å². The fraction of sp³-hybridized carbons (Fsp3) is 0.125. The van der Waals surface area contributed by atoms with E-state index in [1.807, 2.05) is 42.6 Å². The van der Waals surface area contributed by atoms with Gasteiger partial charge < -0.3 is 9.72 Å². The Morgan fingerprint density at radius 2 is 1.90 bits per heavy atom. The fourth-order valence-corrected chi connectivity index (χ4v) is 3.92. The van der Waals surface area contributed by atoms with E-state index in [-0.39, 0.29) is 18.1 Å². The average Bonchev–Trinajstić information content (AvgIpc) is 3.20. The lowest BCUT2D eigenvalue weighted by molar-refractivity contribution is -0.481. The van der Waals surface area contributed by atoms with Gasteiger partial charge in [-0.25, -0.2) is 0 Å². The predicted octanol–water partition coefficient (Wildman–Crippen LogP) is 5.68. The molecule has 154 valence electrons. The molecule has 0 spiro atoms. The molecule has 0 unspecified atom stereocenters. The van der Waals surface area contributed by atoms with Crippen LogP contribution in [0.2, 0.25) is 5.02 Å². The number of aromatic amines is 1. The molecule has 0 saturated carbocycles. The van der Waals surface area contributed by atoms with Crippen molar-refractivity contribution < 1.29 is 9.66 Å². The largest absolute Gasteiger partial charge is 0.487 e. The minimum Gasteiger partial charge on any atom is -0.487 e. The summed E-state index contributed by atoms with van der Waals surface area (Å²) in [6.07, 6.45) is 1.82. The van der Waals surface area contributed by atoms with Crippen LogP contribution in [0.5, 0.6) is 5.75 Å². The highest BCUT2D eigenvalue weighted by Crippen LogP contribution is 2.35. The Kier molecular flexibility index (Phi) is 5.87. The van der Waals surface area contributed by atoms with Crippen molar-refractivity contribution in [2.24, 2.45) is 0 Å². The molecular weight excluding hydrogens is 414 g/mol. The Hall–Kier alpha value is -3.82. The molecular formula is C24H18ClN3O3. The van der Waals surface area contributed by atoms with E-state index in [0.717, 1.165) is 27.6 Å². The molecule has 7 heteroatoms. The summed E-state index contributed by atoms with van der Waals surface area (Å²) < 4.78 is 5.82. The van der Waals surface area contributed by atoms with Crippen LogP contribution in [0.25, 0.3) is 10.9 Å². The Bertz CT molecular complexity index is 1290. The van der Waals surface area contributed by atoms with Gasteiger partial charge in [-0.2, -0.15) is 5.26 Å². The van der Waals surface area contributed by atoms with Crippen molar-refractivity contribution in [1.82, 2.24) is 4.98 Å². The number of benzene rings is 3. The van der Waals surface area contributed by atoms with Crippen LogP contribution >= 0.6 is 11.6 Å². The quantitative estimate of drug-likeness (QED) is 0.301. The molecule has 1 N–H and O–H groups in total. The summed E-state index contributed by atoms with van der Waals surface area (Å²) in [4.78, 5) is 14.3. The maximum Gasteiger partial charge on any atom is 0.214 e. The number of nitriles is 1.